The highest BCUT2D eigenvalue weighted by molar-refractivity contribution is 5.20. The number of nitrogens with zero attached hydrogens (tertiary/aromatic N) is 3. The standard InChI is InChI=1S/C5H8N4O3/c1-8(10)3-4-2-5(7-6-4)9(11)12/h2,10H,3H2,1H3,(H,6,7). The topological polar surface area (TPSA) is 95.3 Å². The summed E-state index contributed by atoms with van der Waals surface area (Å²) in [4.78, 5) is 9.58. The van der Waals surface area contributed by atoms with Crippen LogP contribution in [0.25, 0.3) is 0 Å². The molecule has 1 aromatic rings. The fraction of sp³-hybridized carbons (Fsp3) is 0.400. The third kappa shape index (κ3) is 2.01. The van der Waals surface area contributed by atoms with Gasteiger partial charge in [0.05, 0.1) is 12.6 Å². The molecule has 0 saturated carbocycles. The van der Waals surface area contributed by atoms with Gasteiger partial charge in [0.25, 0.3) is 0 Å². The van der Waals surface area contributed by atoms with Gasteiger partial charge in [0.15, 0.2) is 0 Å². The monoisotopic (exact) mass is 172 g/mol. The van der Waals surface area contributed by atoms with Crippen LogP contribution < -0.4 is 0 Å². The molecule has 0 spiro atoms. The summed E-state index contributed by atoms with van der Waals surface area (Å²) < 4.78 is 0. The van der Waals surface area contributed by atoms with E-state index in [9.17, 15) is 10.1 Å². The highest BCUT2D eigenvalue weighted by Gasteiger charge is 2.09. The molecule has 1 aromatic heterocycles. The second-order valence-corrected chi connectivity index (χ2v) is 2.32. The van der Waals surface area contributed by atoms with Crippen LogP contribution in [0.15, 0.2) is 6.07 Å². The maximum absolute atomic E-state index is 10.2. The van der Waals surface area contributed by atoms with Crippen LogP contribution >= 0.6 is 0 Å². The van der Waals surface area contributed by atoms with Crippen LogP contribution in [0.5, 0.6) is 0 Å². The SMILES string of the molecule is CN(O)Cc1cc([N+](=O)[O-])[nH]n1. The van der Waals surface area contributed by atoms with Crippen molar-refractivity contribution in [2.75, 3.05) is 7.05 Å². The highest BCUT2D eigenvalue weighted by Crippen LogP contribution is 2.08. The highest BCUT2D eigenvalue weighted by atomic mass is 16.6. The molecule has 0 aromatic carbocycles. The lowest BCUT2D eigenvalue weighted by Crippen LogP contribution is -2.11. The first-order valence-corrected chi connectivity index (χ1v) is 3.18. The number of aromatic nitrogens is 2. The van der Waals surface area contributed by atoms with Gasteiger partial charge in [0, 0.05) is 7.05 Å². The Morgan fingerprint density at radius 3 is 3.00 bits per heavy atom. The van der Waals surface area contributed by atoms with Crippen molar-refractivity contribution in [2.24, 2.45) is 0 Å². The predicted molar refractivity (Wildman–Crippen MR) is 38.5 cm³/mol. The molecule has 0 aliphatic carbocycles. The van der Waals surface area contributed by atoms with E-state index in [1.807, 2.05) is 0 Å². The number of H-pyrrole nitrogens is 1. The van der Waals surface area contributed by atoms with Crippen LogP contribution in [0.3, 0.4) is 0 Å². The van der Waals surface area contributed by atoms with Gasteiger partial charge in [-0.25, -0.2) is 0 Å². The first-order chi connectivity index (χ1) is 5.59. The van der Waals surface area contributed by atoms with Crippen LogP contribution in [0, 0.1) is 10.1 Å². The van der Waals surface area contributed by atoms with Crippen molar-refractivity contribution in [1.82, 2.24) is 15.3 Å². The minimum Gasteiger partial charge on any atom is -0.358 e. The molecule has 0 atom stereocenters. The Balaban J connectivity index is 2.71. The number of hydrogen-bond donors (Lipinski definition) is 2. The fourth-order valence-electron chi connectivity index (χ4n) is 0.760. The van der Waals surface area contributed by atoms with Crippen molar-refractivity contribution in [3.05, 3.63) is 21.9 Å². The Labute approximate surface area is 67.7 Å². The smallest absolute Gasteiger partial charge is 0.342 e. The Morgan fingerprint density at radius 2 is 2.58 bits per heavy atom. The molecule has 0 saturated heterocycles. The van der Waals surface area contributed by atoms with Crippen LogP contribution in [-0.2, 0) is 6.54 Å². The van der Waals surface area contributed by atoms with Gasteiger partial charge in [-0.1, -0.05) is 5.10 Å². The molecular formula is C5H8N4O3. The lowest BCUT2D eigenvalue weighted by atomic mass is 10.4. The zero-order chi connectivity index (χ0) is 9.14. The summed E-state index contributed by atoms with van der Waals surface area (Å²) in [5, 5.41) is 25.6. The van der Waals surface area contributed by atoms with Crippen LogP contribution in [-0.4, -0.2) is 32.4 Å². The molecule has 7 nitrogen and oxygen atoms in total. The second kappa shape index (κ2) is 3.28. The molecule has 0 aliphatic heterocycles. The largest absolute Gasteiger partial charge is 0.358 e. The Bertz CT molecular complexity index is 282. The van der Waals surface area contributed by atoms with E-state index < -0.39 is 4.92 Å². The first kappa shape index (κ1) is 8.62. The normalized spacial score (nSPS) is 10.6. The molecule has 0 bridgehead atoms. The summed E-state index contributed by atoms with van der Waals surface area (Å²) in [6, 6.07) is 1.27. The van der Waals surface area contributed by atoms with Gasteiger partial charge >= 0.3 is 5.82 Å². The quantitative estimate of drug-likeness (QED) is 0.499. The van der Waals surface area contributed by atoms with E-state index >= 15 is 0 Å². The summed E-state index contributed by atoms with van der Waals surface area (Å²) in [5.74, 6) is -0.174. The van der Waals surface area contributed by atoms with Gasteiger partial charge < -0.3 is 15.3 Å². The molecule has 12 heavy (non-hydrogen) atoms. The van der Waals surface area contributed by atoms with Crippen molar-refractivity contribution in [3.63, 3.8) is 0 Å². The van der Waals surface area contributed by atoms with Crippen molar-refractivity contribution in [3.8, 4) is 0 Å². The van der Waals surface area contributed by atoms with Gasteiger partial charge in [0.1, 0.15) is 5.69 Å². The van der Waals surface area contributed by atoms with E-state index in [0.29, 0.717) is 5.69 Å². The zero-order valence-electron chi connectivity index (χ0n) is 6.39. The van der Waals surface area contributed by atoms with E-state index in [0.717, 1.165) is 5.06 Å². The first-order valence-electron chi connectivity index (χ1n) is 3.18. The van der Waals surface area contributed by atoms with Gasteiger partial charge in [-0.05, 0) is 4.92 Å². The number of aromatic amines is 1. The van der Waals surface area contributed by atoms with Gasteiger partial charge in [-0.15, -0.1) is 5.10 Å². The molecule has 0 aliphatic rings. The number of hydrogen-bond acceptors (Lipinski definition) is 5. The zero-order valence-corrected chi connectivity index (χ0v) is 6.39. The van der Waals surface area contributed by atoms with Crippen molar-refractivity contribution < 1.29 is 10.1 Å². The second-order valence-electron chi connectivity index (χ2n) is 2.32. The Morgan fingerprint density at radius 1 is 1.92 bits per heavy atom. The third-order valence-electron chi connectivity index (χ3n) is 1.20. The molecule has 0 unspecified atom stereocenters. The molecule has 1 heterocycles. The summed E-state index contributed by atoms with van der Waals surface area (Å²) in [6.45, 7) is 0.157. The number of nitrogens with one attached hydrogen (secondary N) is 1. The molecule has 7 heteroatoms. The molecule has 2 N–H and O–H groups in total. The maximum atomic E-state index is 10.2. The average Bonchev–Trinajstić information content (AvgIpc) is 2.34. The predicted octanol–water partition coefficient (Wildman–Crippen LogP) is 0.139. The van der Waals surface area contributed by atoms with E-state index in [-0.39, 0.29) is 12.4 Å². The Kier molecular flexibility index (Phi) is 2.36. The van der Waals surface area contributed by atoms with Gasteiger partial charge in [0.2, 0.25) is 0 Å². The van der Waals surface area contributed by atoms with Gasteiger partial charge in [-0.3, -0.25) is 0 Å². The van der Waals surface area contributed by atoms with E-state index in [4.69, 9.17) is 5.21 Å². The fourth-order valence-corrected chi connectivity index (χ4v) is 0.760. The molecule has 0 amide bonds. The molecule has 0 radical (unpaired) electrons. The van der Waals surface area contributed by atoms with Crippen LogP contribution in [0.4, 0.5) is 5.82 Å². The van der Waals surface area contributed by atoms with Crippen LogP contribution in [0.1, 0.15) is 5.69 Å². The summed E-state index contributed by atoms with van der Waals surface area (Å²) in [6.07, 6.45) is 0. The van der Waals surface area contributed by atoms with Crippen LogP contribution in [0.2, 0.25) is 0 Å². The minimum absolute atomic E-state index is 0.157. The van der Waals surface area contributed by atoms with E-state index in [1.54, 1.807) is 0 Å². The van der Waals surface area contributed by atoms with Gasteiger partial charge in [-0.2, -0.15) is 5.06 Å². The van der Waals surface area contributed by atoms with E-state index in [2.05, 4.69) is 10.2 Å². The van der Waals surface area contributed by atoms with E-state index in [1.165, 1.54) is 13.1 Å². The molecule has 1 rings (SSSR count). The van der Waals surface area contributed by atoms with Crippen molar-refractivity contribution >= 4 is 5.82 Å². The third-order valence-corrected chi connectivity index (χ3v) is 1.20. The minimum atomic E-state index is -0.576. The van der Waals surface area contributed by atoms with Crippen molar-refractivity contribution in [2.45, 2.75) is 6.54 Å². The number of hydroxylamine groups is 2. The van der Waals surface area contributed by atoms with Crippen molar-refractivity contribution in [1.29, 1.82) is 0 Å². The number of nitro groups is 1. The summed E-state index contributed by atoms with van der Waals surface area (Å²) in [5.41, 5.74) is 0.423. The molecular weight excluding hydrogens is 164 g/mol. The maximum Gasteiger partial charge on any atom is 0.342 e. The average molecular weight is 172 g/mol. The lowest BCUT2D eigenvalue weighted by Gasteiger charge is -2.01. The summed E-state index contributed by atoms with van der Waals surface area (Å²) >= 11 is 0. The summed E-state index contributed by atoms with van der Waals surface area (Å²) in [7, 11) is 1.43. The Hall–Kier alpha value is -1.47. The molecule has 66 valence electrons. The number of rotatable bonds is 3. The lowest BCUT2D eigenvalue weighted by molar-refractivity contribution is -0.389. The molecule has 0 fully saturated rings.